The van der Waals surface area contributed by atoms with E-state index in [2.05, 4.69) is 27.5 Å². The van der Waals surface area contributed by atoms with Crippen LogP contribution in [0.15, 0.2) is 24.9 Å². The zero-order chi connectivity index (χ0) is 7.56. The summed E-state index contributed by atoms with van der Waals surface area (Å²) in [5.41, 5.74) is 0.810. The van der Waals surface area contributed by atoms with Crippen molar-refractivity contribution in [2.45, 2.75) is 0 Å². The third kappa shape index (κ3) is 1.82. The summed E-state index contributed by atoms with van der Waals surface area (Å²) in [4.78, 5) is 4.00. The highest BCUT2D eigenvalue weighted by Gasteiger charge is 1.93. The van der Waals surface area contributed by atoms with E-state index in [4.69, 9.17) is 11.6 Å². The van der Waals surface area contributed by atoms with Crippen molar-refractivity contribution in [2.75, 3.05) is 0 Å². The minimum Gasteiger partial charge on any atom is -0.254 e. The van der Waals surface area contributed by atoms with Crippen molar-refractivity contribution in [3.05, 3.63) is 35.6 Å². The minimum absolute atomic E-state index is 0.637. The molecular formula is C7H5BrClN. The first-order valence-corrected chi connectivity index (χ1v) is 3.83. The molecule has 3 heteroatoms. The summed E-state index contributed by atoms with van der Waals surface area (Å²) in [5.74, 6) is 0. The minimum atomic E-state index is 0.637. The van der Waals surface area contributed by atoms with Crippen LogP contribution in [0.5, 0.6) is 0 Å². The van der Waals surface area contributed by atoms with Gasteiger partial charge in [0.05, 0.1) is 10.7 Å². The van der Waals surface area contributed by atoms with Gasteiger partial charge in [0, 0.05) is 10.7 Å². The standard InChI is InChI=1S/C7H5BrClN/c1-5(8)7-3-2-6(9)4-10-7/h2-4H,1H2. The van der Waals surface area contributed by atoms with Gasteiger partial charge in [-0.15, -0.1) is 0 Å². The smallest absolute Gasteiger partial charge is 0.0766 e. The lowest BCUT2D eigenvalue weighted by Gasteiger charge is -1.94. The van der Waals surface area contributed by atoms with Crippen molar-refractivity contribution in [3.63, 3.8) is 0 Å². The van der Waals surface area contributed by atoms with Crippen LogP contribution in [0.1, 0.15) is 5.69 Å². The fourth-order valence-electron chi connectivity index (χ4n) is 0.536. The van der Waals surface area contributed by atoms with Crippen molar-refractivity contribution >= 4 is 32.0 Å². The predicted octanol–water partition coefficient (Wildman–Crippen LogP) is 3.10. The zero-order valence-corrected chi connectivity index (χ0v) is 7.48. The van der Waals surface area contributed by atoms with E-state index in [1.165, 1.54) is 0 Å². The van der Waals surface area contributed by atoms with E-state index in [0.717, 1.165) is 10.2 Å². The van der Waals surface area contributed by atoms with Crippen LogP contribution in [0.25, 0.3) is 4.48 Å². The average molecular weight is 218 g/mol. The van der Waals surface area contributed by atoms with E-state index in [-0.39, 0.29) is 0 Å². The molecular weight excluding hydrogens is 213 g/mol. The monoisotopic (exact) mass is 217 g/mol. The molecule has 52 valence electrons. The van der Waals surface area contributed by atoms with Crippen LogP contribution in [0, 0.1) is 0 Å². The Balaban J connectivity index is 3.00. The highest BCUT2D eigenvalue weighted by Crippen LogP contribution is 2.17. The average Bonchev–Trinajstić information content (AvgIpc) is 1.88. The van der Waals surface area contributed by atoms with E-state index in [1.54, 1.807) is 18.3 Å². The second-order valence-corrected chi connectivity index (χ2v) is 3.16. The van der Waals surface area contributed by atoms with Gasteiger partial charge >= 0.3 is 0 Å². The third-order valence-electron chi connectivity index (χ3n) is 1.01. The molecule has 0 unspecified atom stereocenters. The van der Waals surface area contributed by atoms with Crippen molar-refractivity contribution in [1.82, 2.24) is 4.98 Å². The Bertz CT molecular complexity index is 242. The molecule has 0 amide bonds. The molecule has 1 rings (SSSR count). The third-order valence-corrected chi connectivity index (χ3v) is 1.64. The van der Waals surface area contributed by atoms with Gasteiger partial charge < -0.3 is 0 Å². The molecule has 0 bridgehead atoms. The van der Waals surface area contributed by atoms with E-state index < -0.39 is 0 Å². The van der Waals surface area contributed by atoms with Gasteiger partial charge in [-0.3, -0.25) is 4.98 Å². The summed E-state index contributed by atoms with van der Waals surface area (Å²) in [6.07, 6.45) is 1.59. The molecule has 0 aliphatic carbocycles. The molecule has 1 nitrogen and oxygen atoms in total. The van der Waals surface area contributed by atoms with Gasteiger partial charge in [0.15, 0.2) is 0 Å². The van der Waals surface area contributed by atoms with Gasteiger partial charge in [-0.05, 0) is 28.1 Å². The molecule has 0 fully saturated rings. The molecule has 0 spiro atoms. The number of hydrogen-bond acceptors (Lipinski definition) is 1. The van der Waals surface area contributed by atoms with Crippen LogP contribution in [0.4, 0.5) is 0 Å². The summed E-state index contributed by atoms with van der Waals surface area (Å²) >= 11 is 8.82. The largest absolute Gasteiger partial charge is 0.254 e. The molecule has 0 radical (unpaired) electrons. The SMILES string of the molecule is C=C(Br)c1ccc(Cl)cn1. The predicted molar refractivity (Wildman–Crippen MR) is 47.2 cm³/mol. The number of rotatable bonds is 1. The molecule has 0 saturated heterocycles. The Morgan fingerprint density at radius 2 is 2.30 bits per heavy atom. The van der Waals surface area contributed by atoms with Gasteiger partial charge in [-0.25, -0.2) is 0 Å². The first-order chi connectivity index (χ1) is 4.70. The van der Waals surface area contributed by atoms with Crippen molar-refractivity contribution < 1.29 is 0 Å². The number of hydrogen-bond donors (Lipinski definition) is 0. The second-order valence-electron chi connectivity index (χ2n) is 1.77. The van der Waals surface area contributed by atoms with Crippen LogP contribution >= 0.6 is 27.5 Å². The zero-order valence-electron chi connectivity index (χ0n) is 5.14. The Morgan fingerprint density at radius 3 is 2.70 bits per heavy atom. The molecule has 0 N–H and O–H groups in total. The summed E-state index contributed by atoms with van der Waals surface area (Å²) in [5, 5.41) is 0.637. The second kappa shape index (κ2) is 3.17. The van der Waals surface area contributed by atoms with E-state index in [0.29, 0.717) is 5.02 Å². The summed E-state index contributed by atoms with van der Waals surface area (Å²) < 4.78 is 0.768. The highest BCUT2D eigenvalue weighted by molar-refractivity contribution is 9.15. The molecule has 0 aliphatic heterocycles. The van der Waals surface area contributed by atoms with Crippen LogP contribution in [0.3, 0.4) is 0 Å². The molecule has 0 saturated carbocycles. The van der Waals surface area contributed by atoms with E-state index >= 15 is 0 Å². The molecule has 10 heavy (non-hydrogen) atoms. The van der Waals surface area contributed by atoms with Crippen molar-refractivity contribution in [2.24, 2.45) is 0 Å². The van der Waals surface area contributed by atoms with Crippen molar-refractivity contribution in [1.29, 1.82) is 0 Å². The van der Waals surface area contributed by atoms with E-state index in [1.807, 2.05) is 0 Å². The van der Waals surface area contributed by atoms with Gasteiger partial charge in [-0.1, -0.05) is 18.2 Å². The number of halogens is 2. The summed E-state index contributed by atoms with van der Waals surface area (Å²) in [6, 6.07) is 3.58. The highest BCUT2D eigenvalue weighted by atomic mass is 79.9. The molecule has 0 atom stereocenters. The quantitative estimate of drug-likeness (QED) is 0.706. The molecule has 1 aromatic heterocycles. The number of aromatic nitrogens is 1. The lowest BCUT2D eigenvalue weighted by atomic mass is 10.3. The molecule has 0 aromatic carbocycles. The van der Waals surface area contributed by atoms with Crippen LogP contribution in [0.2, 0.25) is 5.02 Å². The van der Waals surface area contributed by atoms with Crippen molar-refractivity contribution in [3.8, 4) is 0 Å². The first kappa shape index (κ1) is 7.76. The van der Waals surface area contributed by atoms with Crippen LogP contribution in [-0.2, 0) is 0 Å². The first-order valence-electron chi connectivity index (χ1n) is 2.66. The molecule has 1 heterocycles. The number of pyridine rings is 1. The van der Waals surface area contributed by atoms with E-state index in [9.17, 15) is 0 Å². The summed E-state index contributed by atoms with van der Waals surface area (Å²) in [7, 11) is 0. The fourth-order valence-corrected chi connectivity index (χ4v) is 0.883. The van der Waals surface area contributed by atoms with Gasteiger partial charge in [0.2, 0.25) is 0 Å². The Morgan fingerprint density at radius 1 is 1.60 bits per heavy atom. The number of nitrogens with zero attached hydrogens (tertiary/aromatic N) is 1. The summed E-state index contributed by atoms with van der Waals surface area (Å²) in [6.45, 7) is 3.67. The topological polar surface area (TPSA) is 12.9 Å². The Labute approximate surface area is 72.9 Å². The lowest BCUT2D eigenvalue weighted by Crippen LogP contribution is -1.79. The molecule has 1 aromatic rings. The Kier molecular flexibility index (Phi) is 2.46. The lowest BCUT2D eigenvalue weighted by molar-refractivity contribution is 1.29. The maximum atomic E-state index is 5.61. The maximum absolute atomic E-state index is 5.61. The van der Waals surface area contributed by atoms with Gasteiger partial charge in [0.1, 0.15) is 0 Å². The Hall–Kier alpha value is -0.340. The van der Waals surface area contributed by atoms with Crippen LogP contribution < -0.4 is 0 Å². The van der Waals surface area contributed by atoms with Crippen LogP contribution in [-0.4, -0.2) is 4.98 Å². The van der Waals surface area contributed by atoms with Gasteiger partial charge in [0.25, 0.3) is 0 Å². The fraction of sp³-hybridized carbons (Fsp3) is 0. The maximum Gasteiger partial charge on any atom is 0.0766 e. The van der Waals surface area contributed by atoms with Gasteiger partial charge in [-0.2, -0.15) is 0 Å². The normalized spacial score (nSPS) is 9.40. The molecule has 0 aliphatic rings.